The molecule has 0 aliphatic heterocycles. The number of hydrogen-bond donors (Lipinski definition) is 1. The van der Waals surface area contributed by atoms with Crippen LogP contribution in [0.15, 0.2) is 24.3 Å². The Hall–Kier alpha value is -1.95. The van der Waals surface area contributed by atoms with Crippen LogP contribution >= 0.6 is 12.2 Å². The van der Waals surface area contributed by atoms with E-state index in [1.807, 2.05) is 0 Å². The lowest BCUT2D eigenvalue weighted by Gasteiger charge is -2.19. The number of amides is 1. The maximum absolute atomic E-state index is 12.2. The Kier molecular flexibility index (Phi) is 5.44. The molecule has 0 aromatic heterocycles. The van der Waals surface area contributed by atoms with Crippen LogP contribution in [0.4, 0.5) is 0 Å². The topological polar surface area (TPSA) is 72.6 Å². The number of ether oxygens (including phenoxy) is 1. The minimum Gasteiger partial charge on any atom is -0.468 e. The fourth-order valence-corrected chi connectivity index (χ4v) is 1.66. The van der Waals surface area contributed by atoms with Gasteiger partial charge < -0.3 is 15.4 Å². The lowest BCUT2D eigenvalue weighted by molar-refractivity contribution is -0.141. The molecule has 0 aliphatic rings. The molecule has 0 bridgehead atoms. The van der Waals surface area contributed by atoms with E-state index in [1.165, 1.54) is 12.0 Å². The molecule has 1 aromatic carbocycles. The van der Waals surface area contributed by atoms with Crippen LogP contribution in [0.1, 0.15) is 22.8 Å². The number of rotatable bonds is 5. The van der Waals surface area contributed by atoms with Gasteiger partial charge in [-0.15, -0.1) is 0 Å². The minimum absolute atomic E-state index is 0.0802. The molecule has 0 unspecified atom stereocenters. The van der Waals surface area contributed by atoms with E-state index in [4.69, 9.17) is 18.0 Å². The van der Waals surface area contributed by atoms with Crippen LogP contribution in [-0.4, -0.2) is 42.0 Å². The molecule has 0 heterocycles. The fraction of sp³-hybridized carbons (Fsp3) is 0.308. The van der Waals surface area contributed by atoms with E-state index in [0.29, 0.717) is 17.7 Å². The highest BCUT2D eigenvalue weighted by Gasteiger charge is 2.18. The summed E-state index contributed by atoms with van der Waals surface area (Å²) in [5, 5.41) is 0. The smallest absolute Gasteiger partial charge is 0.325 e. The van der Waals surface area contributed by atoms with E-state index in [0.717, 1.165) is 0 Å². The second-order valence-corrected chi connectivity index (χ2v) is 4.28. The Balaban J connectivity index is 2.94. The van der Waals surface area contributed by atoms with Gasteiger partial charge in [-0.1, -0.05) is 24.4 Å². The molecule has 6 heteroatoms. The van der Waals surface area contributed by atoms with Crippen LogP contribution in [0.25, 0.3) is 0 Å². The van der Waals surface area contributed by atoms with Gasteiger partial charge in [-0.2, -0.15) is 0 Å². The molecule has 1 aromatic rings. The number of esters is 1. The second kappa shape index (κ2) is 6.84. The summed E-state index contributed by atoms with van der Waals surface area (Å²) < 4.78 is 4.56. The van der Waals surface area contributed by atoms with E-state index < -0.39 is 5.97 Å². The third kappa shape index (κ3) is 4.03. The van der Waals surface area contributed by atoms with Gasteiger partial charge in [-0.25, -0.2) is 0 Å². The van der Waals surface area contributed by atoms with Gasteiger partial charge in [0, 0.05) is 17.7 Å². The summed E-state index contributed by atoms with van der Waals surface area (Å²) in [4.78, 5) is 25.1. The van der Waals surface area contributed by atoms with Gasteiger partial charge >= 0.3 is 5.97 Å². The van der Waals surface area contributed by atoms with Crippen LogP contribution in [0, 0.1) is 0 Å². The summed E-state index contributed by atoms with van der Waals surface area (Å²) in [6.07, 6.45) is 0. The predicted molar refractivity (Wildman–Crippen MR) is 75.9 cm³/mol. The van der Waals surface area contributed by atoms with Crippen LogP contribution < -0.4 is 5.73 Å². The molecule has 5 nitrogen and oxygen atoms in total. The summed E-state index contributed by atoms with van der Waals surface area (Å²) in [5.41, 5.74) is 6.59. The third-order valence-corrected chi connectivity index (χ3v) is 2.85. The van der Waals surface area contributed by atoms with Crippen molar-refractivity contribution in [1.82, 2.24) is 4.90 Å². The van der Waals surface area contributed by atoms with Crippen LogP contribution in [0.2, 0.25) is 0 Å². The summed E-state index contributed by atoms with van der Waals surface area (Å²) in [7, 11) is 1.29. The van der Waals surface area contributed by atoms with Gasteiger partial charge in [0.05, 0.1) is 7.11 Å². The fourth-order valence-electron chi connectivity index (χ4n) is 1.54. The Bertz CT molecular complexity index is 502. The number of carbonyl (C=O) groups is 2. The molecule has 1 rings (SSSR count). The molecular weight excluding hydrogens is 264 g/mol. The number of carbonyl (C=O) groups excluding carboxylic acids is 2. The van der Waals surface area contributed by atoms with Crippen molar-refractivity contribution in [3.8, 4) is 0 Å². The van der Waals surface area contributed by atoms with Gasteiger partial charge in [0.25, 0.3) is 5.91 Å². The lowest BCUT2D eigenvalue weighted by Crippen LogP contribution is -2.36. The molecule has 0 radical (unpaired) electrons. The first-order valence-electron chi connectivity index (χ1n) is 5.75. The van der Waals surface area contributed by atoms with Crippen LogP contribution in [0.3, 0.4) is 0 Å². The summed E-state index contributed by atoms with van der Waals surface area (Å²) in [6.45, 7) is 2.12. The first-order valence-corrected chi connectivity index (χ1v) is 6.16. The van der Waals surface area contributed by atoms with Crippen molar-refractivity contribution in [3.63, 3.8) is 0 Å². The Morgan fingerprint density at radius 3 is 2.53 bits per heavy atom. The van der Waals surface area contributed by atoms with Crippen molar-refractivity contribution in [3.05, 3.63) is 35.4 Å². The van der Waals surface area contributed by atoms with Crippen LogP contribution in [0.5, 0.6) is 0 Å². The summed E-state index contributed by atoms with van der Waals surface area (Å²) in [5.74, 6) is -0.716. The molecular formula is C13H16N2O3S. The van der Waals surface area contributed by atoms with E-state index >= 15 is 0 Å². The van der Waals surface area contributed by atoms with E-state index in [2.05, 4.69) is 4.74 Å². The number of benzene rings is 1. The first kappa shape index (κ1) is 15.1. The van der Waals surface area contributed by atoms with Crippen molar-refractivity contribution in [2.45, 2.75) is 6.92 Å². The maximum Gasteiger partial charge on any atom is 0.325 e. The zero-order valence-corrected chi connectivity index (χ0v) is 11.7. The number of nitrogens with zero attached hydrogens (tertiary/aromatic N) is 1. The number of thiocarbonyl (C=S) groups is 1. The summed E-state index contributed by atoms with van der Waals surface area (Å²) >= 11 is 4.87. The standard InChI is InChI=1S/C13H16N2O3S/c1-3-15(8-11(16)18-2)13(17)10-6-4-5-9(7-10)12(14)19/h4-7H,3,8H2,1-2H3,(H2,14,19). The first-order chi connectivity index (χ1) is 8.99. The monoisotopic (exact) mass is 280 g/mol. The number of nitrogens with two attached hydrogens (primary N) is 1. The number of methoxy groups -OCH3 is 1. The molecule has 102 valence electrons. The van der Waals surface area contributed by atoms with E-state index in [1.54, 1.807) is 31.2 Å². The van der Waals surface area contributed by atoms with Gasteiger partial charge in [-0.05, 0) is 19.1 Å². The van der Waals surface area contributed by atoms with Crippen LogP contribution in [-0.2, 0) is 9.53 Å². The molecule has 19 heavy (non-hydrogen) atoms. The molecule has 1 amide bonds. The van der Waals surface area contributed by atoms with Crippen molar-refractivity contribution in [2.75, 3.05) is 20.2 Å². The van der Waals surface area contributed by atoms with Gasteiger partial charge in [0.2, 0.25) is 0 Å². The second-order valence-electron chi connectivity index (χ2n) is 3.84. The highest BCUT2D eigenvalue weighted by Crippen LogP contribution is 2.09. The van der Waals surface area contributed by atoms with Gasteiger partial charge in [0.1, 0.15) is 11.5 Å². The number of hydrogen-bond acceptors (Lipinski definition) is 4. The Morgan fingerprint density at radius 2 is 2.00 bits per heavy atom. The molecule has 2 N–H and O–H groups in total. The molecule has 0 aliphatic carbocycles. The maximum atomic E-state index is 12.2. The zero-order valence-electron chi connectivity index (χ0n) is 10.9. The normalized spacial score (nSPS) is 9.79. The SMILES string of the molecule is CCN(CC(=O)OC)C(=O)c1cccc(C(N)=S)c1. The van der Waals surface area contributed by atoms with Crippen molar-refractivity contribution < 1.29 is 14.3 Å². The number of likely N-dealkylation sites (N-methyl/N-ethyl adjacent to an activating group) is 1. The highest BCUT2D eigenvalue weighted by atomic mass is 32.1. The van der Waals surface area contributed by atoms with Crippen molar-refractivity contribution in [1.29, 1.82) is 0 Å². The Labute approximate surface area is 117 Å². The predicted octanol–water partition coefficient (Wildman–Crippen LogP) is 0.956. The molecule has 0 spiro atoms. The average molecular weight is 280 g/mol. The summed E-state index contributed by atoms with van der Waals surface area (Å²) in [6, 6.07) is 6.71. The molecule has 0 saturated heterocycles. The third-order valence-electron chi connectivity index (χ3n) is 2.61. The highest BCUT2D eigenvalue weighted by molar-refractivity contribution is 7.80. The quantitative estimate of drug-likeness (QED) is 0.642. The molecule has 0 fully saturated rings. The lowest BCUT2D eigenvalue weighted by atomic mass is 10.1. The zero-order chi connectivity index (χ0) is 14.4. The molecule has 0 atom stereocenters. The van der Waals surface area contributed by atoms with Crippen molar-refractivity contribution >= 4 is 29.1 Å². The molecule has 0 saturated carbocycles. The Morgan fingerprint density at radius 1 is 1.37 bits per heavy atom. The van der Waals surface area contributed by atoms with E-state index in [-0.39, 0.29) is 17.4 Å². The van der Waals surface area contributed by atoms with Crippen molar-refractivity contribution in [2.24, 2.45) is 5.73 Å². The van der Waals surface area contributed by atoms with Gasteiger partial charge in [0.15, 0.2) is 0 Å². The van der Waals surface area contributed by atoms with E-state index in [9.17, 15) is 9.59 Å². The van der Waals surface area contributed by atoms with Gasteiger partial charge in [-0.3, -0.25) is 9.59 Å². The average Bonchev–Trinajstić information content (AvgIpc) is 2.43. The largest absolute Gasteiger partial charge is 0.468 e. The minimum atomic E-state index is -0.458.